The highest BCUT2D eigenvalue weighted by molar-refractivity contribution is 6.30. The number of halogens is 1. The van der Waals surface area contributed by atoms with E-state index in [4.69, 9.17) is 16.3 Å². The van der Waals surface area contributed by atoms with Gasteiger partial charge in [-0.15, -0.1) is 0 Å². The molecule has 0 unspecified atom stereocenters. The molecule has 2 aromatic carbocycles. The molecule has 1 N–H and O–H groups in total. The van der Waals surface area contributed by atoms with Crippen LogP contribution in [0.1, 0.15) is 5.56 Å². The fourth-order valence-corrected chi connectivity index (χ4v) is 1.85. The van der Waals surface area contributed by atoms with E-state index in [2.05, 4.69) is 10.5 Å². The number of carbonyl (C=O) groups excluding carboxylic acids is 1. The number of nitro benzene ring substituents is 1. The van der Waals surface area contributed by atoms with Crippen molar-refractivity contribution in [2.24, 2.45) is 5.10 Å². The van der Waals surface area contributed by atoms with Gasteiger partial charge in [0.05, 0.1) is 16.7 Å². The molecule has 0 aliphatic carbocycles. The van der Waals surface area contributed by atoms with Gasteiger partial charge >= 0.3 is 0 Å². The lowest BCUT2D eigenvalue weighted by atomic mass is 10.2. The van der Waals surface area contributed by atoms with Gasteiger partial charge < -0.3 is 4.74 Å². The summed E-state index contributed by atoms with van der Waals surface area (Å²) in [5.41, 5.74) is 2.42. The zero-order chi connectivity index (χ0) is 16.7. The van der Waals surface area contributed by atoms with Crippen molar-refractivity contribution in [1.29, 1.82) is 0 Å². The Kier molecular flexibility index (Phi) is 5.65. The van der Waals surface area contributed by atoms with E-state index in [1.165, 1.54) is 18.3 Å². The van der Waals surface area contributed by atoms with Gasteiger partial charge in [0.25, 0.3) is 11.6 Å². The summed E-state index contributed by atoms with van der Waals surface area (Å²) >= 11 is 5.79. The second-order valence-electron chi connectivity index (χ2n) is 4.36. The Morgan fingerprint density at radius 1 is 1.30 bits per heavy atom. The van der Waals surface area contributed by atoms with Crippen LogP contribution < -0.4 is 10.2 Å². The number of benzene rings is 2. The molecule has 0 aromatic heterocycles. The molecule has 23 heavy (non-hydrogen) atoms. The number of amides is 1. The van der Waals surface area contributed by atoms with Crippen LogP contribution in [0.2, 0.25) is 5.02 Å². The van der Waals surface area contributed by atoms with E-state index in [9.17, 15) is 14.9 Å². The highest BCUT2D eigenvalue weighted by Gasteiger charge is 2.10. The Morgan fingerprint density at radius 2 is 2.09 bits per heavy atom. The molecule has 0 spiro atoms. The number of hydrogen-bond donors (Lipinski definition) is 1. The number of hydrazone groups is 1. The van der Waals surface area contributed by atoms with Crippen LogP contribution in [-0.2, 0) is 4.79 Å². The van der Waals surface area contributed by atoms with E-state index < -0.39 is 10.8 Å². The van der Waals surface area contributed by atoms with Crippen LogP contribution in [0.25, 0.3) is 0 Å². The number of rotatable bonds is 6. The summed E-state index contributed by atoms with van der Waals surface area (Å²) in [7, 11) is 0. The first-order chi connectivity index (χ1) is 11.1. The van der Waals surface area contributed by atoms with Crippen molar-refractivity contribution >= 4 is 29.4 Å². The zero-order valence-electron chi connectivity index (χ0n) is 11.8. The van der Waals surface area contributed by atoms with Gasteiger partial charge in [-0.05, 0) is 24.3 Å². The molecule has 7 nitrogen and oxygen atoms in total. The molecule has 0 heterocycles. The number of hydrogen-bond acceptors (Lipinski definition) is 5. The predicted octanol–water partition coefficient (Wildman–Crippen LogP) is 2.78. The minimum atomic E-state index is -0.522. The molecule has 8 heteroatoms. The fourth-order valence-electron chi connectivity index (χ4n) is 1.67. The molecule has 2 rings (SSSR count). The third-order valence-electron chi connectivity index (χ3n) is 2.69. The van der Waals surface area contributed by atoms with Crippen LogP contribution in [0.15, 0.2) is 53.6 Å². The van der Waals surface area contributed by atoms with Gasteiger partial charge in [0.15, 0.2) is 6.61 Å². The van der Waals surface area contributed by atoms with Crippen LogP contribution >= 0.6 is 11.6 Å². The summed E-state index contributed by atoms with van der Waals surface area (Å²) in [6.45, 7) is -0.255. The van der Waals surface area contributed by atoms with Crippen molar-refractivity contribution in [3.8, 4) is 5.75 Å². The summed E-state index contributed by atoms with van der Waals surface area (Å²) in [5.74, 6) is -0.0462. The first-order valence-corrected chi connectivity index (χ1v) is 6.88. The van der Waals surface area contributed by atoms with Gasteiger partial charge in [-0.3, -0.25) is 14.9 Å². The Labute approximate surface area is 136 Å². The quantitative estimate of drug-likeness (QED) is 0.499. The van der Waals surface area contributed by atoms with Crippen molar-refractivity contribution in [3.05, 3.63) is 69.2 Å². The molecule has 0 atom stereocenters. The minimum absolute atomic E-state index is 0.0966. The molecular formula is C15H12ClN3O4. The number of ether oxygens (including phenoxy) is 1. The molecule has 118 valence electrons. The summed E-state index contributed by atoms with van der Waals surface area (Å²) in [6.07, 6.45) is 1.20. The molecule has 0 aliphatic rings. The lowest BCUT2D eigenvalue weighted by Crippen LogP contribution is -2.24. The summed E-state index contributed by atoms with van der Waals surface area (Å²) < 4.78 is 5.23. The first kappa shape index (κ1) is 16.4. The summed E-state index contributed by atoms with van der Waals surface area (Å²) in [6, 6.07) is 12.7. The van der Waals surface area contributed by atoms with Crippen LogP contribution in [-0.4, -0.2) is 23.7 Å². The van der Waals surface area contributed by atoms with Gasteiger partial charge in [-0.25, -0.2) is 5.43 Å². The molecule has 0 aliphatic heterocycles. The highest BCUT2D eigenvalue weighted by Crippen LogP contribution is 2.17. The van der Waals surface area contributed by atoms with Crippen LogP contribution in [0.5, 0.6) is 5.75 Å². The van der Waals surface area contributed by atoms with E-state index >= 15 is 0 Å². The van der Waals surface area contributed by atoms with Crippen LogP contribution in [0.4, 0.5) is 5.69 Å². The number of nitrogens with zero attached hydrogens (tertiary/aromatic N) is 2. The van der Waals surface area contributed by atoms with Gasteiger partial charge in [0, 0.05) is 11.1 Å². The van der Waals surface area contributed by atoms with E-state index in [1.807, 2.05) is 0 Å². The minimum Gasteiger partial charge on any atom is -0.484 e. The molecule has 0 bridgehead atoms. The normalized spacial score (nSPS) is 10.5. The number of nitro groups is 1. The molecule has 0 fully saturated rings. The number of para-hydroxylation sites is 1. The second-order valence-corrected chi connectivity index (χ2v) is 4.79. The van der Waals surface area contributed by atoms with Crippen LogP contribution in [0.3, 0.4) is 0 Å². The average molecular weight is 334 g/mol. The SMILES string of the molecule is O=C(COc1cccc(Cl)c1)N/N=C\c1ccccc1[N+](=O)[O-]. The summed E-state index contributed by atoms with van der Waals surface area (Å²) in [4.78, 5) is 21.9. The maximum atomic E-state index is 11.6. The van der Waals surface area contributed by atoms with E-state index in [-0.39, 0.29) is 17.9 Å². The maximum absolute atomic E-state index is 11.6. The zero-order valence-corrected chi connectivity index (χ0v) is 12.6. The Balaban J connectivity index is 1.88. The molecule has 0 radical (unpaired) electrons. The second kappa shape index (κ2) is 7.90. The molecule has 0 saturated heterocycles. The largest absolute Gasteiger partial charge is 0.484 e. The standard InChI is InChI=1S/C15H12ClN3O4/c16-12-5-3-6-13(8-12)23-10-15(20)18-17-9-11-4-1-2-7-14(11)19(21)22/h1-9H,10H2,(H,18,20)/b17-9-. The lowest BCUT2D eigenvalue weighted by Gasteiger charge is -2.04. The average Bonchev–Trinajstić information content (AvgIpc) is 2.53. The van der Waals surface area contributed by atoms with Gasteiger partial charge in [-0.1, -0.05) is 29.8 Å². The van der Waals surface area contributed by atoms with Crippen molar-refractivity contribution in [3.63, 3.8) is 0 Å². The number of nitrogens with one attached hydrogen (secondary N) is 1. The van der Waals surface area contributed by atoms with E-state index in [1.54, 1.807) is 36.4 Å². The third kappa shape index (κ3) is 5.08. The van der Waals surface area contributed by atoms with E-state index in [0.29, 0.717) is 10.8 Å². The topological polar surface area (TPSA) is 93.8 Å². The van der Waals surface area contributed by atoms with E-state index in [0.717, 1.165) is 0 Å². The Morgan fingerprint density at radius 3 is 2.83 bits per heavy atom. The summed E-state index contributed by atoms with van der Waals surface area (Å²) in [5, 5.41) is 15.0. The first-order valence-electron chi connectivity index (χ1n) is 6.50. The van der Waals surface area contributed by atoms with Crippen LogP contribution in [0, 0.1) is 10.1 Å². The number of carbonyl (C=O) groups is 1. The van der Waals surface area contributed by atoms with Gasteiger partial charge in [-0.2, -0.15) is 5.10 Å². The van der Waals surface area contributed by atoms with Gasteiger partial charge in [0.2, 0.25) is 0 Å². The van der Waals surface area contributed by atoms with Crippen molar-refractivity contribution in [1.82, 2.24) is 5.43 Å². The highest BCUT2D eigenvalue weighted by atomic mass is 35.5. The fraction of sp³-hybridized carbons (Fsp3) is 0.0667. The molecular weight excluding hydrogens is 322 g/mol. The third-order valence-corrected chi connectivity index (χ3v) is 2.93. The molecule has 0 saturated carbocycles. The Hall–Kier alpha value is -2.93. The van der Waals surface area contributed by atoms with Gasteiger partial charge in [0.1, 0.15) is 5.75 Å². The predicted molar refractivity (Wildman–Crippen MR) is 85.8 cm³/mol. The monoisotopic (exact) mass is 333 g/mol. The van der Waals surface area contributed by atoms with Crippen molar-refractivity contribution < 1.29 is 14.5 Å². The van der Waals surface area contributed by atoms with Crippen molar-refractivity contribution in [2.75, 3.05) is 6.61 Å². The smallest absolute Gasteiger partial charge is 0.278 e. The molecule has 2 aromatic rings. The van der Waals surface area contributed by atoms with Crippen molar-refractivity contribution in [2.45, 2.75) is 0 Å². The lowest BCUT2D eigenvalue weighted by molar-refractivity contribution is -0.385. The molecule has 1 amide bonds. The Bertz CT molecular complexity index is 749. The maximum Gasteiger partial charge on any atom is 0.278 e.